The van der Waals surface area contributed by atoms with E-state index in [0.29, 0.717) is 17.8 Å². The molecule has 1 aliphatic heterocycles. The van der Waals surface area contributed by atoms with E-state index in [0.717, 1.165) is 4.90 Å². The Balaban J connectivity index is 1.76. The molecule has 23 heavy (non-hydrogen) atoms. The lowest BCUT2D eigenvalue weighted by Crippen LogP contribution is -2.51. The van der Waals surface area contributed by atoms with Gasteiger partial charge in [-0.2, -0.15) is 15.0 Å². The normalized spacial score (nSPS) is 15.3. The summed E-state index contributed by atoms with van der Waals surface area (Å²) in [5, 5.41) is 8.10. The van der Waals surface area contributed by atoms with E-state index in [1.165, 1.54) is 15.9 Å². The minimum Gasteiger partial charge on any atom is -0.329 e. The molecule has 9 nitrogen and oxygen atoms in total. The van der Waals surface area contributed by atoms with Crippen LogP contribution in [0.3, 0.4) is 0 Å². The Bertz CT molecular complexity index is 796. The molecule has 0 atom stereocenters. The van der Waals surface area contributed by atoms with Crippen LogP contribution in [0, 0.1) is 0 Å². The topological polar surface area (TPSA) is 104 Å². The van der Waals surface area contributed by atoms with Gasteiger partial charge >= 0.3 is 6.03 Å². The van der Waals surface area contributed by atoms with Crippen molar-refractivity contribution in [2.75, 3.05) is 6.54 Å². The number of imide groups is 1. The minimum absolute atomic E-state index is 0.0369. The number of carbonyl (C=O) groups excluding carboxylic acids is 2. The zero-order valence-electron chi connectivity index (χ0n) is 12.6. The minimum atomic E-state index is -0.421. The molecule has 2 aromatic heterocycles. The van der Waals surface area contributed by atoms with E-state index in [9.17, 15) is 14.4 Å². The summed E-state index contributed by atoms with van der Waals surface area (Å²) >= 11 is 0. The van der Waals surface area contributed by atoms with E-state index in [2.05, 4.69) is 15.2 Å². The Morgan fingerprint density at radius 3 is 2.78 bits per heavy atom. The molecule has 0 radical (unpaired) electrons. The van der Waals surface area contributed by atoms with Crippen LogP contribution < -0.4 is 5.56 Å². The van der Waals surface area contributed by atoms with Crippen LogP contribution in [0.5, 0.6) is 0 Å². The number of carbonyl (C=O) groups is 2. The van der Waals surface area contributed by atoms with Gasteiger partial charge in [-0.3, -0.25) is 14.5 Å². The third-order valence-corrected chi connectivity index (χ3v) is 3.63. The van der Waals surface area contributed by atoms with Crippen molar-refractivity contribution < 1.29 is 9.59 Å². The summed E-state index contributed by atoms with van der Waals surface area (Å²) in [6, 6.07) is 2.84. The molecule has 0 spiro atoms. The van der Waals surface area contributed by atoms with Crippen LogP contribution in [0.4, 0.5) is 4.79 Å². The summed E-state index contributed by atoms with van der Waals surface area (Å²) in [6.45, 7) is 0.572. The molecule has 0 saturated carbocycles. The van der Waals surface area contributed by atoms with Gasteiger partial charge in [0.25, 0.3) is 5.56 Å². The van der Waals surface area contributed by atoms with Gasteiger partial charge in [0.1, 0.15) is 5.69 Å². The number of nitrogens with zero attached hydrogens (tertiary/aromatic N) is 5. The van der Waals surface area contributed by atoms with Crippen molar-refractivity contribution in [1.29, 1.82) is 0 Å². The summed E-state index contributed by atoms with van der Waals surface area (Å²) < 4.78 is 0. The maximum Gasteiger partial charge on any atom is 0.327 e. The zero-order valence-corrected chi connectivity index (χ0v) is 12.6. The van der Waals surface area contributed by atoms with Gasteiger partial charge in [0, 0.05) is 31.8 Å². The SMILES string of the molecule is Cn1ncc(CN2CCC(=O)N(Cc3ccc[nH]c3=O)C2=O)n1. The molecular weight excluding hydrogens is 300 g/mol. The quantitative estimate of drug-likeness (QED) is 0.845. The number of rotatable bonds is 4. The second kappa shape index (κ2) is 6.03. The molecule has 0 aromatic carbocycles. The van der Waals surface area contributed by atoms with E-state index in [-0.39, 0.29) is 31.0 Å². The van der Waals surface area contributed by atoms with Crippen LogP contribution in [0.1, 0.15) is 17.7 Å². The fourth-order valence-electron chi connectivity index (χ4n) is 2.45. The van der Waals surface area contributed by atoms with E-state index < -0.39 is 6.03 Å². The molecular formula is C14H16N6O3. The predicted octanol–water partition coefficient (Wildman–Crippen LogP) is -0.142. The second-order valence-corrected chi connectivity index (χ2v) is 5.28. The van der Waals surface area contributed by atoms with E-state index in [1.54, 1.807) is 25.4 Å². The second-order valence-electron chi connectivity index (χ2n) is 5.28. The Kier molecular flexibility index (Phi) is 3.92. The lowest BCUT2D eigenvalue weighted by atomic mass is 10.2. The molecule has 2 aromatic rings. The van der Waals surface area contributed by atoms with Crippen molar-refractivity contribution in [2.45, 2.75) is 19.5 Å². The van der Waals surface area contributed by atoms with Gasteiger partial charge in [-0.25, -0.2) is 4.79 Å². The van der Waals surface area contributed by atoms with E-state index >= 15 is 0 Å². The Hall–Kier alpha value is -2.97. The zero-order chi connectivity index (χ0) is 16.4. The molecule has 1 aliphatic rings. The first-order valence-electron chi connectivity index (χ1n) is 7.15. The van der Waals surface area contributed by atoms with Gasteiger partial charge in [-0.15, -0.1) is 0 Å². The fourth-order valence-corrected chi connectivity index (χ4v) is 2.45. The highest BCUT2D eigenvalue weighted by Crippen LogP contribution is 2.15. The van der Waals surface area contributed by atoms with Crippen molar-refractivity contribution in [3.63, 3.8) is 0 Å². The van der Waals surface area contributed by atoms with Crippen LogP contribution in [0.15, 0.2) is 29.3 Å². The Labute approximate surface area is 131 Å². The molecule has 1 N–H and O–H groups in total. The van der Waals surface area contributed by atoms with Crippen molar-refractivity contribution in [2.24, 2.45) is 7.05 Å². The van der Waals surface area contributed by atoms with Crippen molar-refractivity contribution in [3.8, 4) is 0 Å². The summed E-state index contributed by atoms with van der Waals surface area (Å²) in [5.41, 5.74) is 0.711. The molecule has 0 aliphatic carbocycles. The number of urea groups is 1. The molecule has 3 rings (SSSR count). The van der Waals surface area contributed by atoms with Gasteiger partial charge in [0.2, 0.25) is 5.91 Å². The standard InChI is InChI=1S/C14H16N6O3/c1-18-16-7-11(17-18)9-19-6-4-12(21)20(14(19)23)8-10-3-2-5-15-13(10)22/h2-3,5,7H,4,6,8-9H2,1H3,(H,15,22). The third-order valence-electron chi connectivity index (χ3n) is 3.63. The largest absolute Gasteiger partial charge is 0.329 e. The molecule has 3 heterocycles. The summed E-state index contributed by atoms with van der Waals surface area (Å²) in [6.07, 6.45) is 3.30. The van der Waals surface area contributed by atoms with Gasteiger partial charge in [-0.1, -0.05) is 6.07 Å². The molecule has 0 unspecified atom stereocenters. The van der Waals surface area contributed by atoms with Crippen molar-refractivity contribution >= 4 is 11.9 Å². The fraction of sp³-hybridized carbons (Fsp3) is 0.357. The smallest absolute Gasteiger partial charge is 0.327 e. The average Bonchev–Trinajstić information content (AvgIpc) is 2.93. The van der Waals surface area contributed by atoms with Crippen LogP contribution >= 0.6 is 0 Å². The number of aromatic amines is 1. The molecule has 9 heteroatoms. The van der Waals surface area contributed by atoms with Gasteiger partial charge < -0.3 is 9.88 Å². The lowest BCUT2D eigenvalue weighted by molar-refractivity contribution is -0.131. The Morgan fingerprint density at radius 2 is 2.09 bits per heavy atom. The lowest BCUT2D eigenvalue weighted by Gasteiger charge is -2.33. The van der Waals surface area contributed by atoms with E-state index in [1.807, 2.05) is 0 Å². The maximum absolute atomic E-state index is 12.5. The molecule has 3 amide bonds. The summed E-state index contributed by atoms with van der Waals surface area (Å²) in [7, 11) is 1.69. The maximum atomic E-state index is 12.5. The number of hydrogen-bond donors (Lipinski definition) is 1. The number of aromatic nitrogens is 4. The molecule has 0 bridgehead atoms. The highest BCUT2D eigenvalue weighted by Gasteiger charge is 2.32. The summed E-state index contributed by atoms with van der Waals surface area (Å²) in [4.78, 5) is 42.9. The number of amides is 3. The Morgan fingerprint density at radius 1 is 1.26 bits per heavy atom. The number of hydrogen-bond acceptors (Lipinski definition) is 5. The van der Waals surface area contributed by atoms with Gasteiger partial charge in [0.15, 0.2) is 0 Å². The highest BCUT2D eigenvalue weighted by atomic mass is 16.2. The van der Waals surface area contributed by atoms with Crippen LogP contribution in [0.25, 0.3) is 0 Å². The number of aryl methyl sites for hydroxylation is 1. The number of pyridine rings is 1. The third kappa shape index (κ3) is 3.12. The van der Waals surface area contributed by atoms with Crippen molar-refractivity contribution in [3.05, 3.63) is 46.1 Å². The first-order chi connectivity index (χ1) is 11.0. The monoisotopic (exact) mass is 316 g/mol. The van der Waals surface area contributed by atoms with Gasteiger partial charge in [-0.05, 0) is 6.07 Å². The molecule has 1 saturated heterocycles. The number of H-pyrrole nitrogens is 1. The van der Waals surface area contributed by atoms with Crippen LogP contribution in [0.2, 0.25) is 0 Å². The number of nitrogens with one attached hydrogen (secondary N) is 1. The molecule has 120 valence electrons. The summed E-state index contributed by atoms with van der Waals surface area (Å²) in [5.74, 6) is -0.284. The van der Waals surface area contributed by atoms with Crippen molar-refractivity contribution in [1.82, 2.24) is 29.8 Å². The highest BCUT2D eigenvalue weighted by molar-refractivity contribution is 5.96. The first-order valence-corrected chi connectivity index (χ1v) is 7.15. The predicted molar refractivity (Wildman–Crippen MR) is 79.0 cm³/mol. The first kappa shape index (κ1) is 14.9. The van der Waals surface area contributed by atoms with E-state index in [4.69, 9.17) is 0 Å². The van der Waals surface area contributed by atoms with Gasteiger partial charge in [0.05, 0.1) is 19.3 Å². The molecule has 1 fully saturated rings. The average molecular weight is 316 g/mol. The van der Waals surface area contributed by atoms with Crippen LogP contribution in [-0.4, -0.2) is 48.3 Å². The van der Waals surface area contributed by atoms with Crippen LogP contribution in [-0.2, 0) is 24.9 Å².